The number of aromatic nitrogens is 1. The van der Waals surface area contributed by atoms with Gasteiger partial charge in [0.15, 0.2) is 0 Å². The molecule has 0 saturated carbocycles. The standard InChI is InChI=1S/C47H29N3/c1-3-13-35(50-44-24-22-32(29-48)27-42(44)43-28-33(30-49)23-25-45(43)50)26-31(2)36-16-7-8-17-37(36)47-40-20-11-9-18-38(40)46(34-14-5-4-6-15-34)39-19-10-12-21-41(39)47/h1,4-28H,2H3/b31-26+,35-13+. The molecule has 0 N–H and O–H groups in total. The molecular formula is C47H29N3. The van der Waals surface area contributed by atoms with Gasteiger partial charge in [-0.3, -0.25) is 0 Å². The molecular weight excluding hydrogens is 607 g/mol. The summed E-state index contributed by atoms with van der Waals surface area (Å²) in [5.41, 5.74) is 10.6. The van der Waals surface area contributed by atoms with Gasteiger partial charge in [0.1, 0.15) is 0 Å². The fraction of sp³-hybridized carbons (Fsp3) is 0.0213. The van der Waals surface area contributed by atoms with Crippen LogP contribution in [0.15, 0.2) is 152 Å². The predicted molar refractivity (Wildman–Crippen MR) is 208 cm³/mol. The first kappa shape index (κ1) is 30.2. The lowest BCUT2D eigenvalue weighted by atomic mass is 9.84. The van der Waals surface area contributed by atoms with Crippen LogP contribution < -0.4 is 0 Å². The van der Waals surface area contributed by atoms with Crippen molar-refractivity contribution in [1.82, 2.24) is 4.57 Å². The van der Waals surface area contributed by atoms with Crippen LogP contribution in [0.4, 0.5) is 0 Å². The molecule has 0 atom stereocenters. The van der Waals surface area contributed by atoms with Gasteiger partial charge < -0.3 is 4.57 Å². The summed E-state index contributed by atoms with van der Waals surface area (Å²) in [6, 6.07) is 52.4. The van der Waals surface area contributed by atoms with Crippen molar-refractivity contribution in [3.63, 3.8) is 0 Å². The molecule has 50 heavy (non-hydrogen) atoms. The average Bonchev–Trinajstić information content (AvgIpc) is 3.49. The van der Waals surface area contributed by atoms with E-state index in [1.807, 2.05) is 36.4 Å². The van der Waals surface area contributed by atoms with Crippen LogP contribution in [0.5, 0.6) is 0 Å². The number of hydrogen-bond acceptors (Lipinski definition) is 2. The number of benzene rings is 7. The number of nitrogens with zero attached hydrogens (tertiary/aromatic N) is 3. The smallest absolute Gasteiger partial charge is 0.0991 e. The van der Waals surface area contributed by atoms with E-state index in [4.69, 9.17) is 6.42 Å². The molecule has 0 aliphatic rings. The maximum Gasteiger partial charge on any atom is 0.0991 e. The topological polar surface area (TPSA) is 52.5 Å². The van der Waals surface area contributed by atoms with E-state index < -0.39 is 0 Å². The molecule has 8 rings (SSSR count). The summed E-state index contributed by atoms with van der Waals surface area (Å²) in [7, 11) is 0. The van der Waals surface area contributed by atoms with Gasteiger partial charge in [0.05, 0.1) is 40.0 Å². The van der Waals surface area contributed by atoms with Gasteiger partial charge in [-0.25, -0.2) is 0 Å². The minimum Gasteiger partial charge on any atom is -0.309 e. The van der Waals surface area contributed by atoms with Crippen LogP contribution >= 0.6 is 0 Å². The van der Waals surface area contributed by atoms with E-state index in [-0.39, 0.29) is 0 Å². The lowest BCUT2D eigenvalue weighted by Gasteiger charge is -2.20. The molecule has 232 valence electrons. The maximum atomic E-state index is 9.68. The van der Waals surface area contributed by atoms with Crippen molar-refractivity contribution in [2.75, 3.05) is 0 Å². The molecule has 1 aromatic heterocycles. The average molecular weight is 636 g/mol. The Morgan fingerprint density at radius 3 is 1.62 bits per heavy atom. The van der Waals surface area contributed by atoms with E-state index in [0.717, 1.165) is 44.2 Å². The first-order valence-corrected chi connectivity index (χ1v) is 16.4. The fourth-order valence-corrected chi connectivity index (χ4v) is 7.38. The molecule has 1 heterocycles. The molecule has 0 bridgehead atoms. The van der Waals surface area contributed by atoms with Gasteiger partial charge in [0.2, 0.25) is 0 Å². The number of rotatable bonds is 5. The molecule has 0 aliphatic heterocycles. The molecule has 3 heteroatoms. The summed E-state index contributed by atoms with van der Waals surface area (Å²) in [4.78, 5) is 0. The Morgan fingerprint density at radius 2 is 1.08 bits per heavy atom. The number of allylic oxidation sites excluding steroid dienone is 4. The molecule has 0 fully saturated rings. The molecule has 0 unspecified atom stereocenters. The maximum absolute atomic E-state index is 9.68. The highest BCUT2D eigenvalue weighted by atomic mass is 15.0. The molecule has 0 spiro atoms. The van der Waals surface area contributed by atoms with E-state index in [9.17, 15) is 10.5 Å². The summed E-state index contributed by atoms with van der Waals surface area (Å²) in [5.74, 6) is 2.77. The zero-order valence-electron chi connectivity index (χ0n) is 27.4. The Bertz CT molecular complexity index is 2720. The van der Waals surface area contributed by atoms with Crippen LogP contribution in [-0.4, -0.2) is 4.57 Å². The third-order valence-electron chi connectivity index (χ3n) is 9.49. The Labute approximate surface area is 290 Å². The monoisotopic (exact) mass is 635 g/mol. The van der Waals surface area contributed by atoms with Crippen LogP contribution in [0, 0.1) is 35.0 Å². The molecule has 0 aliphatic carbocycles. The predicted octanol–water partition coefficient (Wildman–Crippen LogP) is 11.8. The first-order chi connectivity index (χ1) is 24.6. The summed E-state index contributed by atoms with van der Waals surface area (Å²) < 4.78 is 2.12. The molecule has 0 amide bonds. The van der Waals surface area contributed by atoms with Gasteiger partial charge in [-0.15, -0.1) is 6.42 Å². The Morgan fingerprint density at radius 1 is 0.580 bits per heavy atom. The van der Waals surface area contributed by atoms with E-state index in [0.29, 0.717) is 11.1 Å². The van der Waals surface area contributed by atoms with Gasteiger partial charge in [0, 0.05) is 16.8 Å². The third-order valence-corrected chi connectivity index (χ3v) is 9.49. The summed E-state index contributed by atoms with van der Waals surface area (Å²) in [6.45, 7) is 2.13. The van der Waals surface area contributed by atoms with Crippen LogP contribution in [-0.2, 0) is 0 Å². The van der Waals surface area contributed by atoms with E-state index in [1.165, 1.54) is 38.2 Å². The number of hydrogen-bond donors (Lipinski definition) is 0. The zero-order chi connectivity index (χ0) is 34.2. The Balaban J connectivity index is 1.38. The number of fused-ring (bicyclic) bond motifs is 5. The summed E-state index contributed by atoms with van der Waals surface area (Å²) >= 11 is 0. The molecule has 8 aromatic rings. The van der Waals surface area contributed by atoms with Crippen molar-refractivity contribution in [3.8, 4) is 46.7 Å². The zero-order valence-corrected chi connectivity index (χ0v) is 27.4. The van der Waals surface area contributed by atoms with Gasteiger partial charge in [-0.05, 0) is 104 Å². The molecule has 7 aromatic carbocycles. The summed E-state index contributed by atoms with van der Waals surface area (Å²) in [5, 5.41) is 25.9. The SMILES string of the molecule is C#C/C=C(\C=C(/C)c1ccccc1-c1c2ccccc2c(-c2ccccc2)c2ccccc12)n1c2ccc(C#N)cc2c2cc(C#N)ccc21. The molecule has 0 radical (unpaired) electrons. The van der Waals surface area contributed by atoms with Crippen molar-refractivity contribution >= 4 is 54.6 Å². The molecule has 0 saturated heterocycles. The number of terminal acetylenes is 1. The highest BCUT2D eigenvalue weighted by Gasteiger charge is 2.19. The van der Waals surface area contributed by atoms with Gasteiger partial charge in [0.25, 0.3) is 0 Å². The Kier molecular flexibility index (Phi) is 7.55. The van der Waals surface area contributed by atoms with Crippen LogP contribution in [0.25, 0.3) is 76.9 Å². The Hall–Kier alpha value is -7.12. The second-order valence-electron chi connectivity index (χ2n) is 12.3. The third kappa shape index (κ3) is 4.93. The second kappa shape index (κ2) is 12.5. The van der Waals surface area contributed by atoms with E-state index >= 15 is 0 Å². The first-order valence-electron chi connectivity index (χ1n) is 16.4. The van der Waals surface area contributed by atoms with Crippen molar-refractivity contribution < 1.29 is 0 Å². The van der Waals surface area contributed by atoms with E-state index in [2.05, 4.69) is 139 Å². The largest absolute Gasteiger partial charge is 0.309 e. The second-order valence-corrected chi connectivity index (χ2v) is 12.3. The quantitative estimate of drug-likeness (QED) is 0.107. The lowest BCUT2D eigenvalue weighted by molar-refractivity contribution is 1.24. The minimum atomic E-state index is 0.555. The van der Waals surface area contributed by atoms with Crippen LogP contribution in [0.2, 0.25) is 0 Å². The highest BCUT2D eigenvalue weighted by molar-refractivity contribution is 6.22. The number of nitriles is 2. The van der Waals surface area contributed by atoms with Crippen molar-refractivity contribution in [3.05, 3.63) is 168 Å². The van der Waals surface area contributed by atoms with Gasteiger partial charge in [-0.2, -0.15) is 10.5 Å². The van der Waals surface area contributed by atoms with Crippen LogP contribution in [0.3, 0.4) is 0 Å². The van der Waals surface area contributed by atoms with Crippen molar-refractivity contribution in [1.29, 1.82) is 10.5 Å². The van der Waals surface area contributed by atoms with Crippen molar-refractivity contribution in [2.24, 2.45) is 0 Å². The van der Waals surface area contributed by atoms with Crippen molar-refractivity contribution in [2.45, 2.75) is 6.92 Å². The minimum absolute atomic E-state index is 0.555. The fourth-order valence-electron chi connectivity index (χ4n) is 7.38. The molecule has 3 nitrogen and oxygen atoms in total. The lowest BCUT2D eigenvalue weighted by Crippen LogP contribution is -1.97. The van der Waals surface area contributed by atoms with Crippen LogP contribution in [0.1, 0.15) is 23.6 Å². The normalized spacial score (nSPS) is 11.9. The van der Waals surface area contributed by atoms with E-state index in [1.54, 1.807) is 6.08 Å². The summed E-state index contributed by atoms with van der Waals surface area (Å²) in [6.07, 6.45) is 9.90. The highest BCUT2D eigenvalue weighted by Crippen LogP contribution is 2.45. The van der Waals surface area contributed by atoms with Gasteiger partial charge >= 0.3 is 0 Å². The van der Waals surface area contributed by atoms with Gasteiger partial charge in [-0.1, -0.05) is 109 Å².